The monoisotopic (exact) mass is 354 g/mol. The lowest BCUT2D eigenvalue weighted by Gasteiger charge is -2.33. The normalized spacial score (nSPS) is 18.1. The minimum Gasteiger partial charge on any atom is -0.466 e. The molecule has 1 aromatic heterocycles. The Hall–Kier alpha value is -2.07. The van der Waals surface area contributed by atoms with Crippen LogP contribution in [0.5, 0.6) is 0 Å². The molecule has 4 nitrogen and oxygen atoms in total. The van der Waals surface area contributed by atoms with Crippen molar-refractivity contribution in [3.8, 4) is 0 Å². The van der Waals surface area contributed by atoms with E-state index >= 15 is 0 Å². The average molecular weight is 354 g/mol. The van der Waals surface area contributed by atoms with E-state index in [1.165, 1.54) is 30.4 Å². The van der Waals surface area contributed by atoms with Crippen LogP contribution in [0.1, 0.15) is 64.8 Å². The summed E-state index contributed by atoms with van der Waals surface area (Å²) >= 11 is 0. The van der Waals surface area contributed by atoms with E-state index in [4.69, 9.17) is 4.42 Å². The second-order valence-corrected chi connectivity index (χ2v) is 7.48. The molecule has 0 bridgehead atoms. The topological polar surface area (TPSA) is 45.5 Å². The van der Waals surface area contributed by atoms with E-state index in [0.717, 1.165) is 24.4 Å². The number of hydrogen-bond acceptors (Lipinski definition) is 3. The Morgan fingerprint density at radius 3 is 2.54 bits per heavy atom. The highest BCUT2D eigenvalue weighted by Gasteiger charge is 2.20. The van der Waals surface area contributed by atoms with Crippen molar-refractivity contribution >= 4 is 5.91 Å². The lowest BCUT2D eigenvalue weighted by atomic mass is 10.0. The van der Waals surface area contributed by atoms with Crippen molar-refractivity contribution in [2.45, 2.75) is 66.1 Å². The second kappa shape index (κ2) is 8.09. The van der Waals surface area contributed by atoms with Gasteiger partial charge in [-0.15, -0.1) is 0 Å². The lowest BCUT2D eigenvalue weighted by molar-refractivity contribution is 0.0948. The third kappa shape index (κ3) is 4.01. The summed E-state index contributed by atoms with van der Waals surface area (Å²) in [5.41, 5.74) is 4.09. The number of benzene rings is 1. The molecule has 140 valence electrons. The largest absolute Gasteiger partial charge is 0.466 e. The molecule has 0 aliphatic carbocycles. The van der Waals surface area contributed by atoms with Crippen LogP contribution in [0.15, 0.2) is 28.7 Å². The molecule has 1 aromatic carbocycles. The molecule has 1 saturated heterocycles. The molecule has 4 heteroatoms. The predicted octanol–water partition coefficient (Wildman–Crippen LogP) is 4.51. The highest BCUT2D eigenvalue weighted by Crippen LogP contribution is 2.22. The van der Waals surface area contributed by atoms with Gasteiger partial charge in [-0.3, -0.25) is 9.69 Å². The van der Waals surface area contributed by atoms with Gasteiger partial charge in [0.15, 0.2) is 0 Å². The van der Waals surface area contributed by atoms with Gasteiger partial charge in [0.05, 0.1) is 5.56 Å². The van der Waals surface area contributed by atoms with E-state index in [1.54, 1.807) is 0 Å². The first-order valence-electron chi connectivity index (χ1n) is 9.63. The van der Waals surface area contributed by atoms with E-state index in [-0.39, 0.29) is 5.91 Å². The van der Waals surface area contributed by atoms with Crippen LogP contribution < -0.4 is 5.32 Å². The molecule has 0 radical (unpaired) electrons. The first-order chi connectivity index (χ1) is 12.5. The Balaban J connectivity index is 1.69. The fourth-order valence-electron chi connectivity index (χ4n) is 3.89. The number of nitrogens with zero attached hydrogens (tertiary/aromatic N) is 1. The number of carbonyl (C=O) groups excluding carboxylic acids is 1. The van der Waals surface area contributed by atoms with Crippen molar-refractivity contribution in [3.63, 3.8) is 0 Å². The molecule has 1 amide bonds. The molecule has 3 rings (SSSR count). The van der Waals surface area contributed by atoms with Gasteiger partial charge in [-0.05, 0) is 58.2 Å². The van der Waals surface area contributed by atoms with Gasteiger partial charge in [0.25, 0.3) is 5.91 Å². The van der Waals surface area contributed by atoms with Crippen molar-refractivity contribution in [2.24, 2.45) is 0 Å². The van der Waals surface area contributed by atoms with Crippen molar-refractivity contribution in [3.05, 3.63) is 58.0 Å². The smallest absolute Gasteiger partial charge is 0.255 e. The quantitative estimate of drug-likeness (QED) is 0.859. The summed E-state index contributed by atoms with van der Waals surface area (Å²) < 4.78 is 5.59. The Bertz CT molecular complexity index is 778. The van der Waals surface area contributed by atoms with Crippen LogP contribution in [-0.2, 0) is 13.1 Å². The fourth-order valence-corrected chi connectivity index (χ4v) is 3.89. The Morgan fingerprint density at radius 1 is 1.15 bits per heavy atom. The summed E-state index contributed by atoms with van der Waals surface area (Å²) in [6.45, 7) is 10.7. The second-order valence-electron chi connectivity index (χ2n) is 7.48. The van der Waals surface area contributed by atoms with Crippen LogP contribution >= 0.6 is 0 Å². The summed E-state index contributed by atoms with van der Waals surface area (Å²) in [4.78, 5) is 15.2. The molecule has 1 aliphatic heterocycles. The van der Waals surface area contributed by atoms with Gasteiger partial charge >= 0.3 is 0 Å². The van der Waals surface area contributed by atoms with Gasteiger partial charge in [0.1, 0.15) is 11.5 Å². The highest BCUT2D eigenvalue weighted by atomic mass is 16.3. The first-order valence-corrected chi connectivity index (χ1v) is 9.63. The molecular weight excluding hydrogens is 324 g/mol. The molecule has 2 heterocycles. The lowest BCUT2D eigenvalue weighted by Crippen LogP contribution is -2.37. The number of carbonyl (C=O) groups is 1. The molecule has 0 spiro atoms. The maximum absolute atomic E-state index is 12.6. The SMILES string of the molecule is Cc1oc(C)c(C(=O)NCc2ccccc2CN2CCCC[C@H]2C)c1C. The van der Waals surface area contributed by atoms with E-state index < -0.39 is 0 Å². The number of aryl methyl sites for hydroxylation is 2. The molecule has 0 saturated carbocycles. The average Bonchev–Trinajstić information content (AvgIpc) is 2.88. The van der Waals surface area contributed by atoms with Gasteiger partial charge < -0.3 is 9.73 Å². The number of furan rings is 1. The number of nitrogens with one attached hydrogen (secondary N) is 1. The number of piperidine rings is 1. The Morgan fingerprint density at radius 2 is 1.88 bits per heavy atom. The number of hydrogen-bond donors (Lipinski definition) is 1. The van der Waals surface area contributed by atoms with E-state index in [2.05, 4.69) is 35.3 Å². The summed E-state index contributed by atoms with van der Waals surface area (Å²) in [6, 6.07) is 9.06. The highest BCUT2D eigenvalue weighted by molar-refractivity contribution is 5.96. The summed E-state index contributed by atoms with van der Waals surface area (Å²) in [5, 5.41) is 3.08. The first kappa shape index (κ1) is 18.7. The van der Waals surface area contributed by atoms with E-state index in [0.29, 0.717) is 23.9 Å². The molecule has 0 unspecified atom stereocenters. The van der Waals surface area contributed by atoms with Gasteiger partial charge in [0, 0.05) is 24.7 Å². The van der Waals surface area contributed by atoms with Gasteiger partial charge in [-0.1, -0.05) is 30.7 Å². The van der Waals surface area contributed by atoms with Gasteiger partial charge in [-0.2, -0.15) is 0 Å². The number of amides is 1. The summed E-state index contributed by atoms with van der Waals surface area (Å²) in [5.74, 6) is 1.44. The zero-order chi connectivity index (χ0) is 18.7. The predicted molar refractivity (Wildman–Crippen MR) is 104 cm³/mol. The maximum Gasteiger partial charge on any atom is 0.255 e. The number of likely N-dealkylation sites (tertiary alicyclic amines) is 1. The molecular formula is C22H30N2O2. The fraction of sp³-hybridized carbons (Fsp3) is 0.500. The minimum absolute atomic E-state index is 0.0574. The summed E-state index contributed by atoms with van der Waals surface area (Å²) in [7, 11) is 0. The third-order valence-corrected chi connectivity index (χ3v) is 5.66. The van der Waals surface area contributed by atoms with Crippen molar-refractivity contribution < 1.29 is 9.21 Å². The molecule has 2 aromatic rings. The molecule has 1 atom stereocenters. The zero-order valence-electron chi connectivity index (χ0n) is 16.4. The maximum atomic E-state index is 12.6. The third-order valence-electron chi connectivity index (χ3n) is 5.66. The van der Waals surface area contributed by atoms with Crippen molar-refractivity contribution in [2.75, 3.05) is 6.54 Å². The van der Waals surface area contributed by atoms with Crippen LogP contribution in [0.4, 0.5) is 0 Å². The van der Waals surface area contributed by atoms with E-state index in [9.17, 15) is 4.79 Å². The Kier molecular flexibility index (Phi) is 5.82. The van der Waals surface area contributed by atoms with E-state index in [1.807, 2.05) is 26.8 Å². The van der Waals surface area contributed by atoms with Gasteiger partial charge in [-0.25, -0.2) is 0 Å². The summed E-state index contributed by atoms with van der Waals surface area (Å²) in [6.07, 6.45) is 3.89. The van der Waals surface area contributed by atoms with Crippen molar-refractivity contribution in [1.29, 1.82) is 0 Å². The molecule has 26 heavy (non-hydrogen) atoms. The standard InChI is InChI=1S/C22H30N2O2/c1-15-9-7-8-12-24(15)14-20-11-6-5-10-19(20)13-23-22(25)21-16(2)17(3)26-18(21)4/h5-6,10-11,15H,7-9,12-14H2,1-4H3,(H,23,25)/t15-/m1/s1. The van der Waals surface area contributed by atoms with Gasteiger partial charge in [0.2, 0.25) is 0 Å². The van der Waals surface area contributed by atoms with Crippen LogP contribution in [0.25, 0.3) is 0 Å². The van der Waals surface area contributed by atoms with Crippen LogP contribution in [0.3, 0.4) is 0 Å². The minimum atomic E-state index is -0.0574. The van der Waals surface area contributed by atoms with Crippen LogP contribution in [0.2, 0.25) is 0 Å². The van der Waals surface area contributed by atoms with Crippen LogP contribution in [-0.4, -0.2) is 23.4 Å². The van der Waals surface area contributed by atoms with Crippen molar-refractivity contribution in [1.82, 2.24) is 10.2 Å². The van der Waals surface area contributed by atoms with Crippen LogP contribution in [0, 0.1) is 20.8 Å². The zero-order valence-corrected chi connectivity index (χ0v) is 16.4. The Labute approximate surface area is 156 Å². The molecule has 1 N–H and O–H groups in total. The number of rotatable bonds is 5. The molecule has 1 aliphatic rings. The molecule has 1 fully saturated rings.